The van der Waals surface area contributed by atoms with Crippen molar-refractivity contribution < 1.29 is 5.11 Å². The zero-order valence-corrected chi connectivity index (χ0v) is 9.37. The van der Waals surface area contributed by atoms with Crippen molar-refractivity contribution in [2.75, 3.05) is 24.6 Å². The third kappa shape index (κ3) is 1.99. The monoisotopic (exact) mass is 220 g/mol. The molecule has 0 fully saturated rings. The smallest absolute Gasteiger partial charge is 0.154 e. The van der Waals surface area contributed by atoms with Gasteiger partial charge in [0.25, 0.3) is 0 Å². The van der Waals surface area contributed by atoms with E-state index in [-0.39, 0.29) is 6.61 Å². The van der Waals surface area contributed by atoms with Crippen LogP contribution in [0.2, 0.25) is 0 Å². The molecule has 0 spiro atoms. The zero-order valence-electron chi connectivity index (χ0n) is 9.37. The first kappa shape index (κ1) is 10.9. The van der Waals surface area contributed by atoms with Crippen LogP contribution in [0.15, 0.2) is 24.7 Å². The number of aliphatic hydroxyl groups is 1. The summed E-state index contributed by atoms with van der Waals surface area (Å²) in [6.45, 7) is 3.74. The Morgan fingerprint density at radius 1 is 1.38 bits per heavy atom. The van der Waals surface area contributed by atoms with Crippen LogP contribution >= 0.6 is 0 Å². The third-order valence-electron chi connectivity index (χ3n) is 2.47. The molecule has 0 atom stereocenters. The number of hydrogen-bond donors (Lipinski definition) is 1. The van der Waals surface area contributed by atoms with Gasteiger partial charge in [0.2, 0.25) is 0 Å². The maximum absolute atomic E-state index is 9.06. The summed E-state index contributed by atoms with van der Waals surface area (Å²) in [5.41, 5.74) is 0.976. The molecule has 5 nitrogen and oxygen atoms in total. The van der Waals surface area contributed by atoms with Crippen molar-refractivity contribution in [3.8, 4) is 0 Å². The van der Waals surface area contributed by atoms with Crippen LogP contribution in [0.25, 0.3) is 5.52 Å². The van der Waals surface area contributed by atoms with E-state index < -0.39 is 0 Å². The standard InChI is InChI=1S/C11H16N4O/c1-2-6-14(8-9-16)11-10-3-4-13-15(10)7-5-12-11/h3-5,7,16H,2,6,8-9H2,1H3. The molecule has 0 aromatic carbocycles. The van der Waals surface area contributed by atoms with Crippen molar-refractivity contribution >= 4 is 11.3 Å². The Balaban J connectivity index is 2.38. The van der Waals surface area contributed by atoms with Crippen molar-refractivity contribution in [1.29, 1.82) is 0 Å². The number of nitrogens with zero attached hydrogens (tertiary/aromatic N) is 4. The average Bonchev–Trinajstić information content (AvgIpc) is 2.76. The van der Waals surface area contributed by atoms with Crippen molar-refractivity contribution in [2.24, 2.45) is 0 Å². The number of hydrogen-bond acceptors (Lipinski definition) is 4. The van der Waals surface area contributed by atoms with Crippen LogP contribution < -0.4 is 4.90 Å². The first-order valence-electron chi connectivity index (χ1n) is 5.51. The fourth-order valence-corrected chi connectivity index (χ4v) is 1.80. The van der Waals surface area contributed by atoms with Gasteiger partial charge in [0.15, 0.2) is 5.82 Å². The highest BCUT2D eigenvalue weighted by molar-refractivity contribution is 5.68. The van der Waals surface area contributed by atoms with Crippen LogP contribution in [0.1, 0.15) is 13.3 Å². The van der Waals surface area contributed by atoms with Crippen molar-refractivity contribution in [3.63, 3.8) is 0 Å². The first-order valence-corrected chi connectivity index (χ1v) is 5.51. The summed E-state index contributed by atoms with van der Waals surface area (Å²) >= 11 is 0. The molecule has 0 saturated carbocycles. The summed E-state index contributed by atoms with van der Waals surface area (Å²) in [6.07, 6.45) is 6.33. The van der Waals surface area contributed by atoms with Gasteiger partial charge in [-0.25, -0.2) is 9.50 Å². The second-order valence-corrected chi connectivity index (χ2v) is 3.62. The van der Waals surface area contributed by atoms with Gasteiger partial charge >= 0.3 is 0 Å². The van der Waals surface area contributed by atoms with Gasteiger partial charge in [0.1, 0.15) is 5.52 Å². The Kier molecular flexibility index (Phi) is 3.36. The molecule has 2 aromatic rings. The van der Waals surface area contributed by atoms with Crippen LogP contribution in [-0.4, -0.2) is 39.4 Å². The van der Waals surface area contributed by atoms with E-state index in [4.69, 9.17) is 5.11 Å². The molecule has 2 heterocycles. The summed E-state index contributed by atoms with van der Waals surface area (Å²) in [6, 6.07) is 1.93. The van der Waals surface area contributed by atoms with Crippen LogP contribution in [0.4, 0.5) is 5.82 Å². The number of fused-ring (bicyclic) bond motifs is 1. The number of aliphatic hydroxyl groups excluding tert-OH is 1. The number of aromatic nitrogens is 3. The third-order valence-corrected chi connectivity index (χ3v) is 2.47. The van der Waals surface area contributed by atoms with E-state index in [0.717, 1.165) is 24.3 Å². The molecule has 86 valence electrons. The molecule has 0 aliphatic carbocycles. The average molecular weight is 220 g/mol. The minimum absolute atomic E-state index is 0.136. The van der Waals surface area contributed by atoms with Gasteiger partial charge in [-0.05, 0) is 12.5 Å². The normalized spacial score (nSPS) is 10.9. The zero-order chi connectivity index (χ0) is 11.4. The molecule has 16 heavy (non-hydrogen) atoms. The Morgan fingerprint density at radius 3 is 3.00 bits per heavy atom. The molecule has 0 radical (unpaired) electrons. The molecule has 0 unspecified atom stereocenters. The lowest BCUT2D eigenvalue weighted by molar-refractivity contribution is 0.301. The lowest BCUT2D eigenvalue weighted by Gasteiger charge is -2.22. The molecular formula is C11H16N4O. The Bertz CT molecular complexity index is 448. The first-order chi connectivity index (χ1) is 7.86. The summed E-state index contributed by atoms with van der Waals surface area (Å²) in [4.78, 5) is 6.45. The van der Waals surface area contributed by atoms with E-state index in [1.807, 2.05) is 12.3 Å². The summed E-state index contributed by atoms with van der Waals surface area (Å²) in [7, 11) is 0. The molecule has 0 aliphatic heterocycles. The minimum Gasteiger partial charge on any atom is -0.395 e. The molecular weight excluding hydrogens is 204 g/mol. The molecule has 2 rings (SSSR count). The molecule has 2 aromatic heterocycles. The predicted octanol–water partition coefficient (Wildman–Crippen LogP) is 0.938. The highest BCUT2D eigenvalue weighted by Gasteiger charge is 2.10. The summed E-state index contributed by atoms with van der Waals surface area (Å²) < 4.78 is 1.79. The van der Waals surface area contributed by atoms with E-state index in [1.165, 1.54) is 0 Å². The minimum atomic E-state index is 0.136. The maximum atomic E-state index is 9.06. The van der Waals surface area contributed by atoms with Gasteiger partial charge < -0.3 is 10.0 Å². The molecule has 0 aliphatic rings. The van der Waals surface area contributed by atoms with E-state index in [9.17, 15) is 0 Å². The Hall–Kier alpha value is -1.62. The van der Waals surface area contributed by atoms with Crippen LogP contribution in [0, 0.1) is 0 Å². The fraction of sp³-hybridized carbons (Fsp3) is 0.455. The predicted molar refractivity (Wildman–Crippen MR) is 62.6 cm³/mol. The van der Waals surface area contributed by atoms with E-state index in [2.05, 4.69) is 21.9 Å². The number of anilines is 1. The second-order valence-electron chi connectivity index (χ2n) is 3.62. The maximum Gasteiger partial charge on any atom is 0.154 e. The highest BCUT2D eigenvalue weighted by Crippen LogP contribution is 2.17. The molecule has 5 heteroatoms. The fourth-order valence-electron chi connectivity index (χ4n) is 1.80. The van der Waals surface area contributed by atoms with Gasteiger partial charge in [-0.15, -0.1) is 0 Å². The molecule has 0 bridgehead atoms. The lowest BCUT2D eigenvalue weighted by atomic mass is 10.3. The van der Waals surface area contributed by atoms with E-state index in [1.54, 1.807) is 16.9 Å². The van der Waals surface area contributed by atoms with E-state index in [0.29, 0.717) is 6.54 Å². The molecule has 1 N–H and O–H groups in total. The van der Waals surface area contributed by atoms with E-state index >= 15 is 0 Å². The second kappa shape index (κ2) is 4.94. The number of rotatable bonds is 5. The largest absolute Gasteiger partial charge is 0.395 e. The summed E-state index contributed by atoms with van der Waals surface area (Å²) in [5, 5.41) is 13.2. The summed E-state index contributed by atoms with van der Waals surface area (Å²) in [5.74, 6) is 0.885. The lowest BCUT2D eigenvalue weighted by Crippen LogP contribution is -2.28. The van der Waals surface area contributed by atoms with Gasteiger partial charge in [-0.2, -0.15) is 5.10 Å². The van der Waals surface area contributed by atoms with Crippen molar-refractivity contribution in [2.45, 2.75) is 13.3 Å². The highest BCUT2D eigenvalue weighted by atomic mass is 16.3. The Morgan fingerprint density at radius 2 is 2.25 bits per heavy atom. The van der Waals surface area contributed by atoms with Gasteiger partial charge in [-0.3, -0.25) is 0 Å². The topological polar surface area (TPSA) is 53.7 Å². The van der Waals surface area contributed by atoms with Gasteiger partial charge in [-0.1, -0.05) is 6.92 Å². The van der Waals surface area contributed by atoms with Crippen molar-refractivity contribution in [3.05, 3.63) is 24.7 Å². The Labute approximate surface area is 94.3 Å². The quantitative estimate of drug-likeness (QED) is 0.814. The van der Waals surface area contributed by atoms with Crippen molar-refractivity contribution in [1.82, 2.24) is 14.6 Å². The molecule has 0 saturated heterocycles. The molecule has 0 amide bonds. The van der Waals surface area contributed by atoms with Crippen LogP contribution in [0.3, 0.4) is 0 Å². The van der Waals surface area contributed by atoms with Gasteiger partial charge in [0.05, 0.1) is 12.8 Å². The SMILES string of the molecule is CCCN(CCO)c1nccn2nccc12. The van der Waals surface area contributed by atoms with Crippen LogP contribution in [-0.2, 0) is 0 Å². The van der Waals surface area contributed by atoms with Gasteiger partial charge in [0, 0.05) is 25.5 Å². The van der Waals surface area contributed by atoms with Crippen LogP contribution in [0.5, 0.6) is 0 Å².